The minimum Gasteiger partial charge on any atom is -0.479 e. The van der Waals surface area contributed by atoms with Crippen LogP contribution in [0.2, 0.25) is 0 Å². The molecule has 12 heteroatoms. The van der Waals surface area contributed by atoms with E-state index in [1.807, 2.05) is 35.3 Å². The van der Waals surface area contributed by atoms with Gasteiger partial charge in [-0.3, -0.25) is 9.59 Å². The van der Waals surface area contributed by atoms with Gasteiger partial charge in [0.25, 0.3) is 0 Å². The van der Waals surface area contributed by atoms with Crippen LogP contribution in [0, 0.1) is 17.8 Å². The molecule has 0 radical (unpaired) electrons. The van der Waals surface area contributed by atoms with E-state index in [2.05, 4.69) is 22.8 Å². The number of carbonyl (C=O) groups is 5. The number of fused-ring (bicyclic) bond motifs is 4. The third-order valence-corrected chi connectivity index (χ3v) is 10.7. The molecule has 4 aliphatic heterocycles. The largest absolute Gasteiger partial charge is 0.479 e. The van der Waals surface area contributed by atoms with Crippen molar-refractivity contribution in [2.24, 2.45) is 17.8 Å². The molecule has 12 nitrogen and oxygen atoms in total. The number of aliphatic carboxylic acids is 1. The van der Waals surface area contributed by atoms with Crippen LogP contribution in [0.3, 0.4) is 0 Å². The molecule has 260 valence electrons. The first-order valence-corrected chi connectivity index (χ1v) is 17.5. The minimum atomic E-state index is -1.43. The fourth-order valence-electron chi connectivity index (χ4n) is 8.11. The zero-order valence-corrected chi connectivity index (χ0v) is 28.2. The summed E-state index contributed by atoms with van der Waals surface area (Å²) in [6.07, 6.45) is 7.81. The first-order valence-electron chi connectivity index (χ1n) is 17.5. The molecule has 0 unspecified atom stereocenters. The number of rotatable bonds is 3. The van der Waals surface area contributed by atoms with E-state index in [9.17, 15) is 29.1 Å². The van der Waals surface area contributed by atoms with Crippen molar-refractivity contribution in [1.29, 1.82) is 0 Å². The third-order valence-electron chi connectivity index (χ3n) is 10.7. The van der Waals surface area contributed by atoms with E-state index in [0.717, 1.165) is 25.7 Å². The van der Waals surface area contributed by atoms with Crippen molar-refractivity contribution >= 4 is 29.9 Å². The summed E-state index contributed by atoms with van der Waals surface area (Å²) in [6.45, 7) is 7.43. The molecular formula is C36H49N5O7. The summed E-state index contributed by atoms with van der Waals surface area (Å²) in [5.74, 6) is -2.62. The fraction of sp³-hybridized carbons (Fsp3) is 0.639. The van der Waals surface area contributed by atoms with Gasteiger partial charge in [0.1, 0.15) is 23.2 Å². The number of likely N-dealkylation sites (tertiary alicyclic amines) is 2. The molecule has 1 aromatic carbocycles. The lowest BCUT2D eigenvalue weighted by Crippen LogP contribution is -2.58. The molecule has 4 fully saturated rings. The lowest BCUT2D eigenvalue weighted by atomic mass is 9.93. The molecule has 6 rings (SSSR count). The second kappa shape index (κ2) is 13.4. The maximum atomic E-state index is 14.3. The second-order valence-electron chi connectivity index (χ2n) is 15.2. The zero-order chi connectivity index (χ0) is 34.2. The average molecular weight is 664 g/mol. The smallest absolute Gasteiger partial charge is 0.408 e. The van der Waals surface area contributed by atoms with Gasteiger partial charge in [0.2, 0.25) is 11.8 Å². The molecule has 3 saturated heterocycles. The first kappa shape index (κ1) is 33.8. The maximum Gasteiger partial charge on any atom is 0.408 e. The van der Waals surface area contributed by atoms with E-state index >= 15 is 0 Å². The molecule has 3 N–H and O–H groups in total. The fourth-order valence-corrected chi connectivity index (χ4v) is 8.11. The van der Waals surface area contributed by atoms with Crippen LogP contribution in [0.4, 0.5) is 9.59 Å². The SMILES string of the molecule is CC(C)(C)OC(=O)N[C@@H]1CCCCC/C=C\[C@H]2C[C@@]2(C(=O)O)NC(=O)[C@@H]2[C@H]3CN(C(=O)N4CC[C@H](c5ccccc5)C4)C[C@H]3CN2C1=O. The van der Waals surface area contributed by atoms with Crippen molar-refractivity contribution in [2.45, 2.75) is 94.9 Å². The Labute approximate surface area is 282 Å². The van der Waals surface area contributed by atoms with E-state index in [-0.39, 0.29) is 55.1 Å². The molecule has 48 heavy (non-hydrogen) atoms. The predicted octanol–water partition coefficient (Wildman–Crippen LogP) is 3.73. The quantitative estimate of drug-likeness (QED) is 0.418. The van der Waals surface area contributed by atoms with Gasteiger partial charge in [-0.1, -0.05) is 55.3 Å². The number of hydrogen-bond donors (Lipinski definition) is 3. The Bertz CT molecular complexity index is 1440. The summed E-state index contributed by atoms with van der Waals surface area (Å²) in [7, 11) is 0. The second-order valence-corrected chi connectivity index (χ2v) is 15.2. The molecule has 1 aromatic rings. The lowest BCUT2D eigenvalue weighted by Gasteiger charge is -2.33. The Kier molecular flexibility index (Phi) is 9.46. The van der Waals surface area contributed by atoms with Crippen LogP contribution >= 0.6 is 0 Å². The maximum absolute atomic E-state index is 14.3. The molecule has 7 atom stereocenters. The van der Waals surface area contributed by atoms with Gasteiger partial charge in [-0.15, -0.1) is 0 Å². The Morgan fingerprint density at radius 1 is 0.979 bits per heavy atom. The summed E-state index contributed by atoms with van der Waals surface area (Å²) in [5, 5.41) is 15.8. The monoisotopic (exact) mass is 663 g/mol. The number of ether oxygens (including phenoxy) is 1. The zero-order valence-electron chi connectivity index (χ0n) is 28.2. The van der Waals surface area contributed by atoms with Crippen LogP contribution in [0.1, 0.15) is 77.2 Å². The van der Waals surface area contributed by atoms with Gasteiger partial charge in [0.05, 0.1) is 0 Å². The van der Waals surface area contributed by atoms with Crippen LogP contribution < -0.4 is 10.6 Å². The number of carbonyl (C=O) groups excluding carboxylic acids is 4. The number of nitrogens with one attached hydrogen (secondary N) is 2. The van der Waals surface area contributed by atoms with Gasteiger partial charge >= 0.3 is 18.1 Å². The molecule has 5 amide bonds. The van der Waals surface area contributed by atoms with Crippen LogP contribution in [0.15, 0.2) is 42.5 Å². The molecule has 4 heterocycles. The van der Waals surface area contributed by atoms with Crippen molar-refractivity contribution in [2.75, 3.05) is 32.7 Å². The molecule has 5 aliphatic rings. The summed E-state index contributed by atoms with van der Waals surface area (Å²) in [4.78, 5) is 72.8. The molecule has 1 aliphatic carbocycles. The Morgan fingerprint density at radius 3 is 2.48 bits per heavy atom. The number of benzene rings is 1. The van der Waals surface area contributed by atoms with Gasteiger partial charge in [-0.05, 0) is 58.4 Å². The lowest BCUT2D eigenvalue weighted by molar-refractivity contribution is -0.146. The van der Waals surface area contributed by atoms with Gasteiger partial charge in [0.15, 0.2) is 0 Å². The highest BCUT2D eigenvalue weighted by Gasteiger charge is 2.63. The summed E-state index contributed by atoms with van der Waals surface area (Å²) in [6, 6.07) is 8.22. The number of allylic oxidation sites excluding steroid dienone is 1. The van der Waals surface area contributed by atoms with Crippen LogP contribution in [-0.2, 0) is 19.1 Å². The summed E-state index contributed by atoms with van der Waals surface area (Å²) < 4.78 is 5.48. The van der Waals surface area contributed by atoms with E-state index in [0.29, 0.717) is 32.5 Å². The number of urea groups is 1. The van der Waals surface area contributed by atoms with Gasteiger partial charge in [-0.2, -0.15) is 0 Å². The number of amides is 5. The van der Waals surface area contributed by atoms with E-state index in [4.69, 9.17) is 4.74 Å². The van der Waals surface area contributed by atoms with Crippen molar-refractivity contribution < 1.29 is 33.8 Å². The summed E-state index contributed by atoms with van der Waals surface area (Å²) in [5.41, 5.74) is -0.974. The van der Waals surface area contributed by atoms with E-state index < -0.39 is 41.2 Å². The topological polar surface area (TPSA) is 149 Å². The minimum absolute atomic E-state index is 0.0721. The van der Waals surface area contributed by atoms with Crippen molar-refractivity contribution in [3.8, 4) is 0 Å². The Hall–Kier alpha value is -4.09. The predicted molar refractivity (Wildman–Crippen MR) is 177 cm³/mol. The molecule has 0 aromatic heterocycles. The van der Waals surface area contributed by atoms with Gasteiger partial charge in [-0.25, -0.2) is 14.4 Å². The highest BCUT2D eigenvalue weighted by molar-refractivity contribution is 5.96. The average Bonchev–Trinajstić information content (AvgIpc) is 3.37. The van der Waals surface area contributed by atoms with Gasteiger partial charge < -0.3 is 35.2 Å². The number of hydrogen-bond acceptors (Lipinski definition) is 6. The van der Waals surface area contributed by atoms with E-state index in [1.165, 1.54) is 10.5 Å². The van der Waals surface area contributed by atoms with Gasteiger partial charge in [0, 0.05) is 56.4 Å². The molecule has 0 bridgehead atoms. The Morgan fingerprint density at radius 2 is 1.75 bits per heavy atom. The van der Waals surface area contributed by atoms with E-state index in [1.54, 1.807) is 25.7 Å². The number of carboxylic acids is 1. The highest BCUT2D eigenvalue weighted by Crippen LogP contribution is 2.46. The standard InChI is InChI=1S/C36H49N5O7/c1-35(2,3)48-33(46)37-28-15-11-6-4-5-10-14-26-18-36(26,32(44)45)38-30(42)29-27-22-40(20-25(27)21-41(29)31(28)43)34(47)39-17-16-24(19-39)23-12-8-7-9-13-23/h7-10,12-14,24-29H,4-6,11,15-22H2,1-3H3,(H,37,46)(H,38,42)(H,44,45)/b14-10-/t24-,25-,26-,27-,28+,29-,36+/m0/s1. The summed E-state index contributed by atoms with van der Waals surface area (Å²) >= 11 is 0. The van der Waals surface area contributed by atoms with Crippen molar-refractivity contribution in [1.82, 2.24) is 25.3 Å². The number of alkyl carbamates (subject to hydrolysis) is 1. The number of carboxylic acid groups (broad SMARTS) is 1. The van der Waals surface area contributed by atoms with Crippen LogP contribution in [-0.4, -0.2) is 106 Å². The normalized spacial score (nSPS) is 33.0. The Balaban J connectivity index is 1.23. The molecule has 1 saturated carbocycles. The highest BCUT2D eigenvalue weighted by atomic mass is 16.6. The number of nitrogens with zero attached hydrogens (tertiary/aromatic N) is 3. The first-order chi connectivity index (χ1) is 22.9. The van der Waals surface area contributed by atoms with Crippen LogP contribution in [0.25, 0.3) is 0 Å². The van der Waals surface area contributed by atoms with Crippen molar-refractivity contribution in [3.63, 3.8) is 0 Å². The van der Waals surface area contributed by atoms with Crippen molar-refractivity contribution in [3.05, 3.63) is 48.0 Å². The molecule has 0 spiro atoms. The molecular weight excluding hydrogens is 614 g/mol. The third kappa shape index (κ3) is 7.03. The van der Waals surface area contributed by atoms with Crippen LogP contribution in [0.5, 0.6) is 0 Å².